The van der Waals surface area contributed by atoms with E-state index in [0.29, 0.717) is 5.92 Å². The smallest absolute Gasteiger partial charge is 0.303 e. The van der Waals surface area contributed by atoms with E-state index >= 15 is 0 Å². The van der Waals surface area contributed by atoms with Gasteiger partial charge < -0.3 is 19.6 Å². The van der Waals surface area contributed by atoms with Gasteiger partial charge in [-0.2, -0.15) is 11.8 Å². The fraction of sp³-hybridized carbons (Fsp3) is 0.655. The number of carboxylic acids is 1. The van der Waals surface area contributed by atoms with Crippen LogP contribution in [0.2, 0.25) is 0 Å². The summed E-state index contributed by atoms with van der Waals surface area (Å²) in [7, 11) is 5.97. The number of aliphatic carboxylic acids is 1. The summed E-state index contributed by atoms with van der Waals surface area (Å²) in [6.45, 7) is 3.10. The van der Waals surface area contributed by atoms with E-state index in [2.05, 4.69) is 52.8 Å². The zero-order chi connectivity index (χ0) is 25.5. The van der Waals surface area contributed by atoms with Crippen molar-refractivity contribution < 1.29 is 14.6 Å². The Labute approximate surface area is 220 Å². The second-order valence-corrected chi connectivity index (χ2v) is 12.2. The van der Waals surface area contributed by atoms with Crippen LogP contribution in [0.25, 0.3) is 10.9 Å². The van der Waals surface area contributed by atoms with Gasteiger partial charge in [0.1, 0.15) is 5.75 Å². The molecule has 1 N–H and O–H groups in total. The number of nitrogens with zero attached hydrogens (tertiary/aromatic N) is 3. The third kappa shape index (κ3) is 7.14. The van der Waals surface area contributed by atoms with Gasteiger partial charge in [0.25, 0.3) is 0 Å². The molecule has 0 unspecified atom stereocenters. The van der Waals surface area contributed by atoms with Gasteiger partial charge >= 0.3 is 5.97 Å². The van der Waals surface area contributed by atoms with E-state index in [0.717, 1.165) is 60.8 Å². The Hall–Kier alpha value is -1.83. The number of carboxylic acid groups (broad SMARTS) is 1. The van der Waals surface area contributed by atoms with Crippen LogP contribution < -0.4 is 4.74 Å². The van der Waals surface area contributed by atoms with Gasteiger partial charge in [0.15, 0.2) is 0 Å². The van der Waals surface area contributed by atoms with Crippen LogP contribution in [0.4, 0.5) is 0 Å². The summed E-state index contributed by atoms with van der Waals surface area (Å²) in [6, 6.07) is 8.44. The van der Waals surface area contributed by atoms with Gasteiger partial charge in [-0.25, -0.2) is 0 Å². The Balaban J connectivity index is 1.40. The number of piperidine rings is 1. The molecule has 1 saturated heterocycles. The number of pyridine rings is 1. The van der Waals surface area contributed by atoms with Gasteiger partial charge in [-0.1, -0.05) is 12.8 Å². The molecule has 1 saturated carbocycles. The van der Waals surface area contributed by atoms with E-state index in [1.807, 2.05) is 18.3 Å². The monoisotopic (exact) mass is 513 g/mol. The fourth-order valence-corrected chi connectivity index (χ4v) is 7.59. The van der Waals surface area contributed by atoms with E-state index < -0.39 is 5.97 Å². The lowest BCUT2D eigenvalue weighted by Gasteiger charge is -2.39. The lowest BCUT2D eigenvalue weighted by Crippen LogP contribution is -2.42. The third-order valence-corrected chi connectivity index (χ3v) is 9.61. The van der Waals surface area contributed by atoms with E-state index in [1.54, 1.807) is 7.11 Å². The molecule has 6 nitrogen and oxygen atoms in total. The minimum Gasteiger partial charge on any atom is -0.497 e. The van der Waals surface area contributed by atoms with Crippen LogP contribution in [-0.4, -0.2) is 77.7 Å². The van der Waals surface area contributed by atoms with Gasteiger partial charge in [0, 0.05) is 48.1 Å². The number of hydrogen-bond acceptors (Lipinski definition) is 6. The SMILES string of the molecule is COc1ccc2nccc([C@@H](CC[C@@H]3CCN(CCSC4CCCC4)C[C@@H]3CC(=O)O)N(C)C)c2c1. The van der Waals surface area contributed by atoms with Crippen LogP contribution >= 0.6 is 11.8 Å². The van der Waals surface area contributed by atoms with Crippen molar-refractivity contribution in [1.29, 1.82) is 0 Å². The lowest BCUT2D eigenvalue weighted by atomic mass is 9.79. The number of likely N-dealkylation sites (tertiary alicyclic amines) is 1. The Morgan fingerprint density at radius 1 is 1.22 bits per heavy atom. The Morgan fingerprint density at radius 2 is 2.03 bits per heavy atom. The highest BCUT2D eigenvalue weighted by molar-refractivity contribution is 7.99. The predicted octanol–water partition coefficient (Wildman–Crippen LogP) is 5.71. The first-order chi connectivity index (χ1) is 17.4. The topological polar surface area (TPSA) is 65.9 Å². The van der Waals surface area contributed by atoms with Crippen molar-refractivity contribution in [2.75, 3.05) is 46.6 Å². The Kier molecular flexibility index (Phi) is 9.91. The number of thioether (sulfide) groups is 1. The maximum atomic E-state index is 11.7. The molecule has 0 spiro atoms. The quantitative estimate of drug-likeness (QED) is 0.390. The first-order valence-corrected chi connectivity index (χ1v) is 14.6. The summed E-state index contributed by atoms with van der Waals surface area (Å²) in [5.41, 5.74) is 2.24. The van der Waals surface area contributed by atoms with Crippen molar-refractivity contribution in [3.8, 4) is 5.75 Å². The van der Waals surface area contributed by atoms with E-state index in [1.165, 1.54) is 37.0 Å². The first-order valence-electron chi connectivity index (χ1n) is 13.6. The van der Waals surface area contributed by atoms with Crippen molar-refractivity contribution in [3.63, 3.8) is 0 Å². The van der Waals surface area contributed by atoms with Crippen LogP contribution in [-0.2, 0) is 4.79 Å². The average molecular weight is 514 g/mol. The summed E-state index contributed by atoms with van der Waals surface area (Å²) in [5, 5.41) is 11.6. The highest BCUT2D eigenvalue weighted by Crippen LogP contribution is 2.37. The number of methoxy groups -OCH3 is 1. The standard InChI is InChI=1S/C29H43N3O3S/c1-31(2)28(25-12-14-30-27-10-9-23(35-3)19-26(25)27)11-8-21-13-15-32(20-22(21)18-29(33)34)16-17-36-24-6-4-5-7-24/h9-10,12,14,19,21-22,24,28H,4-8,11,13,15-18,20H2,1-3H3,(H,33,34)/t21-,22+,28-/m1/s1. The molecule has 4 rings (SSSR count). The summed E-state index contributed by atoms with van der Waals surface area (Å²) in [6.07, 6.45) is 10.8. The van der Waals surface area contributed by atoms with Gasteiger partial charge in [-0.05, 0) is 94.4 Å². The average Bonchev–Trinajstić information content (AvgIpc) is 3.38. The molecule has 2 fully saturated rings. The fourth-order valence-electron chi connectivity index (χ4n) is 6.23. The number of hydrogen-bond donors (Lipinski definition) is 1. The summed E-state index contributed by atoms with van der Waals surface area (Å²) < 4.78 is 5.49. The van der Waals surface area contributed by atoms with E-state index in [-0.39, 0.29) is 18.4 Å². The van der Waals surface area contributed by atoms with Gasteiger partial charge in [-0.15, -0.1) is 0 Å². The molecule has 2 aromatic rings. The number of fused-ring (bicyclic) bond motifs is 1. The van der Waals surface area contributed by atoms with Crippen LogP contribution in [0.1, 0.15) is 63.0 Å². The number of ether oxygens (including phenoxy) is 1. The molecule has 198 valence electrons. The molecule has 0 amide bonds. The predicted molar refractivity (Wildman–Crippen MR) is 149 cm³/mol. The summed E-state index contributed by atoms with van der Waals surface area (Å²) >= 11 is 2.13. The van der Waals surface area contributed by atoms with Crippen LogP contribution in [0, 0.1) is 11.8 Å². The number of benzene rings is 1. The maximum Gasteiger partial charge on any atom is 0.303 e. The highest BCUT2D eigenvalue weighted by Gasteiger charge is 2.32. The van der Waals surface area contributed by atoms with Crippen LogP contribution in [0.15, 0.2) is 30.5 Å². The molecule has 2 heterocycles. The second kappa shape index (κ2) is 13.1. The largest absolute Gasteiger partial charge is 0.497 e. The molecule has 1 aliphatic heterocycles. The van der Waals surface area contributed by atoms with Gasteiger partial charge in [0.05, 0.1) is 12.6 Å². The zero-order valence-corrected chi connectivity index (χ0v) is 23.0. The second-order valence-electron chi connectivity index (χ2n) is 10.8. The molecule has 7 heteroatoms. The first kappa shape index (κ1) is 27.2. The van der Waals surface area contributed by atoms with Crippen molar-refractivity contribution >= 4 is 28.6 Å². The lowest BCUT2D eigenvalue weighted by molar-refractivity contribution is -0.139. The summed E-state index contributed by atoms with van der Waals surface area (Å²) in [5.74, 6) is 2.03. The molecule has 36 heavy (non-hydrogen) atoms. The van der Waals surface area contributed by atoms with E-state index in [4.69, 9.17) is 4.74 Å². The Morgan fingerprint density at radius 3 is 2.75 bits per heavy atom. The molecular weight excluding hydrogens is 470 g/mol. The van der Waals surface area contributed by atoms with E-state index in [9.17, 15) is 9.90 Å². The van der Waals surface area contributed by atoms with Crippen molar-refractivity contribution in [2.45, 2.75) is 62.7 Å². The molecule has 0 radical (unpaired) electrons. The van der Waals surface area contributed by atoms with Gasteiger partial charge in [0.2, 0.25) is 0 Å². The number of rotatable bonds is 12. The minimum absolute atomic E-state index is 0.227. The third-order valence-electron chi connectivity index (χ3n) is 8.25. The molecular formula is C29H43N3O3S. The number of carbonyl (C=O) groups is 1. The maximum absolute atomic E-state index is 11.7. The normalized spacial score (nSPS) is 22.3. The summed E-state index contributed by atoms with van der Waals surface area (Å²) in [4.78, 5) is 21.1. The highest BCUT2D eigenvalue weighted by atomic mass is 32.2. The van der Waals surface area contributed by atoms with Crippen LogP contribution in [0.5, 0.6) is 5.75 Å². The Bertz CT molecular complexity index is 995. The number of aromatic nitrogens is 1. The molecule has 1 aromatic carbocycles. The van der Waals surface area contributed by atoms with Crippen LogP contribution in [0.3, 0.4) is 0 Å². The molecule has 2 aliphatic rings. The zero-order valence-electron chi connectivity index (χ0n) is 22.2. The van der Waals surface area contributed by atoms with Crippen molar-refractivity contribution in [2.24, 2.45) is 11.8 Å². The minimum atomic E-state index is -0.663. The molecule has 1 aliphatic carbocycles. The molecule has 0 bridgehead atoms. The molecule has 1 aromatic heterocycles. The molecule has 3 atom stereocenters. The van der Waals surface area contributed by atoms with Crippen molar-refractivity contribution in [1.82, 2.24) is 14.8 Å². The van der Waals surface area contributed by atoms with Crippen molar-refractivity contribution in [3.05, 3.63) is 36.0 Å². The van der Waals surface area contributed by atoms with Gasteiger partial charge in [-0.3, -0.25) is 9.78 Å².